The summed E-state index contributed by atoms with van der Waals surface area (Å²) in [7, 11) is 0. The maximum Gasteiger partial charge on any atom is 0.343 e. The topological polar surface area (TPSA) is 52.6 Å². The SMILES string of the molecule is O=C(Oc1ccccc1)c1ccc2c(c1)COC2=O. The van der Waals surface area contributed by atoms with Crippen molar-refractivity contribution in [2.75, 3.05) is 0 Å². The van der Waals surface area contributed by atoms with Crippen LogP contribution in [0.25, 0.3) is 0 Å². The van der Waals surface area contributed by atoms with Crippen molar-refractivity contribution >= 4 is 11.9 Å². The average Bonchev–Trinajstić information content (AvgIpc) is 2.81. The largest absolute Gasteiger partial charge is 0.457 e. The van der Waals surface area contributed by atoms with E-state index in [0.29, 0.717) is 22.4 Å². The summed E-state index contributed by atoms with van der Waals surface area (Å²) >= 11 is 0. The molecule has 3 rings (SSSR count). The first-order valence-electron chi connectivity index (χ1n) is 5.81. The van der Waals surface area contributed by atoms with Crippen LogP contribution in [0.4, 0.5) is 0 Å². The number of carbonyl (C=O) groups excluding carboxylic acids is 2. The summed E-state index contributed by atoms with van der Waals surface area (Å²) in [5.41, 5.74) is 1.63. The second-order valence-electron chi connectivity index (χ2n) is 4.15. The Morgan fingerprint density at radius 2 is 1.89 bits per heavy atom. The van der Waals surface area contributed by atoms with Crippen LogP contribution < -0.4 is 4.74 Å². The number of hydrogen-bond acceptors (Lipinski definition) is 4. The van der Waals surface area contributed by atoms with E-state index in [1.54, 1.807) is 42.5 Å². The Bertz CT molecular complexity index is 646. The third-order valence-electron chi connectivity index (χ3n) is 2.87. The highest BCUT2D eigenvalue weighted by Gasteiger charge is 2.22. The van der Waals surface area contributed by atoms with E-state index in [-0.39, 0.29) is 12.6 Å². The molecule has 2 aromatic rings. The normalized spacial score (nSPS) is 12.7. The molecule has 0 saturated carbocycles. The Kier molecular flexibility index (Phi) is 2.76. The van der Waals surface area contributed by atoms with E-state index in [2.05, 4.69) is 0 Å². The van der Waals surface area contributed by atoms with Gasteiger partial charge in [0.2, 0.25) is 0 Å². The first-order valence-corrected chi connectivity index (χ1v) is 5.81. The predicted molar refractivity (Wildman–Crippen MR) is 67.0 cm³/mol. The van der Waals surface area contributed by atoms with Crippen molar-refractivity contribution < 1.29 is 19.1 Å². The van der Waals surface area contributed by atoms with Crippen molar-refractivity contribution in [3.63, 3.8) is 0 Å². The van der Waals surface area contributed by atoms with Gasteiger partial charge in [0.15, 0.2) is 0 Å². The second kappa shape index (κ2) is 4.57. The summed E-state index contributed by atoms with van der Waals surface area (Å²) in [6.45, 7) is 0.209. The third-order valence-corrected chi connectivity index (χ3v) is 2.87. The Morgan fingerprint density at radius 3 is 2.68 bits per heavy atom. The highest BCUT2D eigenvalue weighted by atomic mass is 16.5. The van der Waals surface area contributed by atoms with E-state index in [0.717, 1.165) is 0 Å². The first-order chi connectivity index (χ1) is 9.24. The maximum absolute atomic E-state index is 11.9. The molecule has 4 heteroatoms. The molecule has 0 spiro atoms. The number of benzene rings is 2. The number of para-hydroxylation sites is 1. The molecule has 0 aromatic heterocycles. The Morgan fingerprint density at radius 1 is 1.11 bits per heavy atom. The number of ether oxygens (including phenoxy) is 2. The van der Waals surface area contributed by atoms with Crippen LogP contribution in [0.1, 0.15) is 26.3 Å². The summed E-state index contributed by atoms with van der Waals surface area (Å²) < 4.78 is 10.1. The molecular weight excluding hydrogens is 244 g/mol. The summed E-state index contributed by atoms with van der Waals surface area (Å²) in [4.78, 5) is 23.2. The quantitative estimate of drug-likeness (QED) is 0.610. The van der Waals surface area contributed by atoms with Gasteiger partial charge >= 0.3 is 11.9 Å². The minimum Gasteiger partial charge on any atom is -0.457 e. The Balaban J connectivity index is 1.83. The van der Waals surface area contributed by atoms with Gasteiger partial charge in [-0.25, -0.2) is 9.59 Å². The van der Waals surface area contributed by atoms with Crippen LogP contribution in [0, 0.1) is 0 Å². The van der Waals surface area contributed by atoms with Crippen LogP contribution in [0.5, 0.6) is 5.75 Å². The zero-order chi connectivity index (χ0) is 13.2. The van der Waals surface area contributed by atoms with Gasteiger partial charge in [-0.1, -0.05) is 18.2 Å². The molecule has 1 heterocycles. The van der Waals surface area contributed by atoms with Gasteiger partial charge in [0, 0.05) is 5.56 Å². The number of fused-ring (bicyclic) bond motifs is 1. The zero-order valence-electron chi connectivity index (χ0n) is 9.96. The lowest BCUT2D eigenvalue weighted by atomic mass is 10.1. The average molecular weight is 254 g/mol. The zero-order valence-corrected chi connectivity index (χ0v) is 9.96. The van der Waals surface area contributed by atoms with Gasteiger partial charge in [0.25, 0.3) is 0 Å². The van der Waals surface area contributed by atoms with Crippen molar-refractivity contribution in [3.05, 3.63) is 65.2 Å². The molecule has 0 radical (unpaired) electrons. The molecule has 0 amide bonds. The van der Waals surface area contributed by atoms with E-state index < -0.39 is 5.97 Å². The number of cyclic esters (lactones) is 1. The lowest BCUT2D eigenvalue weighted by molar-refractivity contribution is 0.0535. The lowest BCUT2D eigenvalue weighted by Gasteiger charge is -2.04. The summed E-state index contributed by atoms with van der Waals surface area (Å²) in [5, 5.41) is 0. The third kappa shape index (κ3) is 2.20. The molecule has 0 bridgehead atoms. The fraction of sp³-hybridized carbons (Fsp3) is 0.0667. The molecule has 2 aromatic carbocycles. The van der Waals surface area contributed by atoms with Crippen molar-refractivity contribution in [2.24, 2.45) is 0 Å². The van der Waals surface area contributed by atoms with Gasteiger partial charge in [0.1, 0.15) is 12.4 Å². The molecule has 0 aliphatic carbocycles. The fourth-order valence-corrected chi connectivity index (χ4v) is 1.91. The molecule has 0 atom stereocenters. The van der Waals surface area contributed by atoms with Crippen LogP contribution in [0.2, 0.25) is 0 Å². The van der Waals surface area contributed by atoms with Crippen LogP contribution in [-0.4, -0.2) is 11.9 Å². The summed E-state index contributed by atoms with van der Waals surface area (Å²) in [6, 6.07) is 13.6. The van der Waals surface area contributed by atoms with Crippen LogP contribution >= 0.6 is 0 Å². The van der Waals surface area contributed by atoms with E-state index >= 15 is 0 Å². The predicted octanol–water partition coefficient (Wildman–Crippen LogP) is 2.58. The van der Waals surface area contributed by atoms with Gasteiger partial charge in [-0.3, -0.25) is 0 Å². The molecule has 19 heavy (non-hydrogen) atoms. The number of rotatable bonds is 2. The smallest absolute Gasteiger partial charge is 0.343 e. The van der Waals surface area contributed by atoms with Crippen molar-refractivity contribution in [1.82, 2.24) is 0 Å². The first kappa shape index (κ1) is 11.5. The maximum atomic E-state index is 11.9. The molecular formula is C15H10O4. The van der Waals surface area contributed by atoms with Gasteiger partial charge in [-0.2, -0.15) is 0 Å². The van der Waals surface area contributed by atoms with Gasteiger partial charge in [-0.05, 0) is 30.3 Å². The molecule has 94 valence electrons. The summed E-state index contributed by atoms with van der Waals surface area (Å²) in [6.07, 6.45) is 0. The molecule has 0 N–H and O–H groups in total. The van der Waals surface area contributed by atoms with Crippen molar-refractivity contribution in [3.8, 4) is 5.75 Å². The molecule has 0 saturated heterocycles. The van der Waals surface area contributed by atoms with E-state index in [1.807, 2.05) is 6.07 Å². The van der Waals surface area contributed by atoms with Crippen molar-refractivity contribution in [2.45, 2.75) is 6.61 Å². The standard InChI is InChI=1S/C15H10O4/c16-14(19-12-4-2-1-3-5-12)10-6-7-13-11(8-10)9-18-15(13)17/h1-8H,9H2. The van der Waals surface area contributed by atoms with Crippen LogP contribution in [-0.2, 0) is 11.3 Å². The molecule has 4 nitrogen and oxygen atoms in total. The number of hydrogen-bond donors (Lipinski definition) is 0. The van der Waals surface area contributed by atoms with Crippen LogP contribution in [0.15, 0.2) is 48.5 Å². The van der Waals surface area contributed by atoms with E-state index in [4.69, 9.17) is 9.47 Å². The summed E-state index contributed by atoms with van der Waals surface area (Å²) in [5.74, 6) is -0.313. The minimum atomic E-state index is -0.451. The second-order valence-corrected chi connectivity index (χ2v) is 4.15. The van der Waals surface area contributed by atoms with Gasteiger partial charge < -0.3 is 9.47 Å². The van der Waals surface area contributed by atoms with Gasteiger partial charge in [0.05, 0.1) is 11.1 Å². The number of esters is 2. The highest BCUT2D eigenvalue weighted by Crippen LogP contribution is 2.22. The van der Waals surface area contributed by atoms with Gasteiger partial charge in [-0.15, -0.1) is 0 Å². The lowest BCUT2D eigenvalue weighted by Crippen LogP contribution is -2.09. The van der Waals surface area contributed by atoms with Crippen LogP contribution in [0.3, 0.4) is 0 Å². The van der Waals surface area contributed by atoms with E-state index in [1.165, 1.54) is 0 Å². The molecule has 0 unspecified atom stereocenters. The van der Waals surface area contributed by atoms with Crippen molar-refractivity contribution in [1.29, 1.82) is 0 Å². The Hall–Kier alpha value is -2.62. The molecule has 1 aliphatic rings. The molecule has 1 aliphatic heterocycles. The number of carbonyl (C=O) groups is 2. The molecule has 0 fully saturated rings. The monoisotopic (exact) mass is 254 g/mol. The van der Waals surface area contributed by atoms with E-state index in [9.17, 15) is 9.59 Å². The highest BCUT2D eigenvalue weighted by molar-refractivity contribution is 5.96. The Labute approximate surface area is 109 Å². The minimum absolute atomic E-state index is 0.209. The fourth-order valence-electron chi connectivity index (χ4n) is 1.91.